The van der Waals surface area contributed by atoms with Crippen LogP contribution in [0.3, 0.4) is 0 Å². The second-order valence-electron chi connectivity index (χ2n) is 12.4. The molecule has 4 aliphatic rings. The van der Waals surface area contributed by atoms with Crippen molar-refractivity contribution in [2.75, 3.05) is 13.6 Å². The second-order valence-corrected chi connectivity index (χ2v) is 12.4. The summed E-state index contributed by atoms with van der Waals surface area (Å²) < 4.78 is 39.0. The van der Waals surface area contributed by atoms with Gasteiger partial charge in [-0.15, -0.1) is 0 Å². The van der Waals surface area contributed by atoms with Gasteiger partial charge in [0.1, 0.15) is 24.0 Å². The lowest BCUT2D eigenvalue weighted by Crippen LogP contribution is -2.57. The third-order valence-electron chi connectivity index (χ3n) is 7.94. The highest BCUT2D eigenvalue weighted by Gasteiger charge is 2.56. The molecule has 1 saturated heterocycles. The first-order valence-electron chi connectivity index (χ1n) is 13.3. The summed E-state index contributed by atoms with van der Waals surface area (Å²) in [6.07, 6.45) is -1.65. The molecule has 0 aromatic heterocycles. The first-order chi connectivity index (χ1) is 18.1. The third-order valence-corrected chi connectivity index (χ3v) is 7.94. The third kappa shape index (κ3) is 6.20. The summed E-state index contributed by atoms with van der Waals surface area (Å²) in [7, 11) is 1.35. The Bertz CT molecular complexity index is 1120. The lowest BCUT2D eigenvalue weighted by atomic mass is 9.95. The summed E-state index contributed by atoms with van der Waals surface area (Å²) in [5, 5.41) is 14.5. The van der Waals surface area contributed by atoms with E-state index < -0.39 is 58.9 Å². The molecule has 10 nitrogen and oxygen atoms in total. The Hall–Kier alpha value is -3.17. The van der Waals surface area contributed by atoms with Crippen LogP contribution in [-0.2, 0) is 19.2 Å². The topological polar surface area (TPSA) is 135 Å². The summed E-state index contributed by atoms with van der Waals surface area (Å²) >= 11 is 0. The molecular weight excluding hydrogens is 517 g/mol. The number of rotatable bonds is 8. The number of halogens is 3. The van der Waals surface area contributed by atoms with Gasteiger partial charge in [0.25, 0.3) is 5.91 Å². The number of likely N-dealkylation sites (tertiary alicyclic amines) is 1. The van der Waals surface area contributed by atoms with Crippen LogP contribution in [0, 0.1) is 28.6 Å². The minimum Gasteiger partial charge on any atom is -0.336 e. The van der Waals surface area contributed by atoms with Crippen LogP contribution in [0.15, 0.2) is 4.99 Å². The number of carbonyl (C=O) groups is 4. The zero-order chi connectivity index (χ0) is 28.9. The lowest BCUT2D eigenvalue weighted by molar-refractivity contribution is -0.175. The first kappa shape index (κ1) is 28.8. The van der Waals surface area contributed by atoms with Gasteiger partial charge in [0, 0.05) is 18.9 Å². The molecule has 2 heterocycles. The standard InChI is InChI=1S/C26H35F3N6O4/c1-24(2,3)21-32-22(38)25(33-21)11-16(12-30)35(13-25)20(37)18(10-15-7-8-15)34(4)19(36)17(9-14-5-6-14)31-23(39)26(27,28)29/h14-18H,5-11,13H2,1-4H3,(H,31,39)(H,32,33,38)/t16-,17-,18-,25+/m0/s1. The number of amides is 4. The maximum atomic E-state index is 13.9. The summed E-state index contributed by atoms with van der Waals surface area (Å²) in [4.78, 5) is 59.1. The Morgan fingerprint density at radius 1 is 1.18 bits per heavy atom. The largest absolute Gasteiger partial charge is 0.471 e. The molecule has 0 radical (unpaired) electrons. The van der Waals surface area contributed by atoms with E-state index in [4.69, 9.17) is 0 Å². The van der Waals surface area contributed by atoms with Gasteiger partial charge in [0.2, 0.25) is 11.8 Å². The van der Waals surface area contributed by atoms with Crippen LogP contribution in [0.25, 0.3) is 0 Å². The normalized spacial score (nSPS) is 26.5. The van der Waals surface area contributed by atoms with Crippen molar-refractivity contribution < 1.29 is 32.3 Å². The van der Waals surface area contributed by atoms with Crippen molar-refractivity contribution in [3.05, 3.63) is 0 Å². The van der Waals surface area contributed by atoms with E-state index in [9.17, 15) is 37.6 Å². The fraction of sp³-hybridized carbons (Fsp3) is 0.769. The van der Waals surface area contributed by atoms with Crippen LogP contribution in [0.5, 0.6) is 0 Å². The van der Waals surface area contributed by atoms with E-state index in [0.717, 1.165) is 30.6 Å². The Labute approximate surface area is 225 Å². The number of nitriles is 1. The van der Waals surface area contributed by atoms with Crippen molar-refractivity contribution in [2.45, 2.75) is 95.6 Å². The lowest BCUT2D eigenvalue weighted by Gasteiger charge is -2.34. The predicted molar refractivity (Wildman–Crippen MR) is 133 cm³/mol. The molecule has 214 valence electrons. The maximum absolute atomic E-state index is 13.9. The summed E-state index contributed by atoms with van der Waals surface area (Å²) in [6.45, 7) is 5.50. The number of hydrogen-bond donors (Lipinski definition) is 2. The predicted octanol–water partition coefficient (Wildman–Crippen LogP) is 1.90. The van der Waals surface area contributed by atoms with Crippen LogP contribution in [-0.4, -0.2) is 82.7 Å². The smallest absolute Gasteiger partial charge is 0.336 e. The molecule has 2 saturated carbocycles. The molecule has 2 aliphatic carbocycles. The number of carbonyl (C=O) groups excluding carboxylic acids is 4. The molecule has 0 bridgehead atoms. The number of amidine groups is 1. The molecule has 13 heteroatoms. The van der Waals surface area contributed by atoms with E-state index in [2.05, 4.69) is 16.4 Å². The van der Waals surface area contributed by atoms with Gasteiger partial charge in [-0.25, -0.2) is 0 Å². The highest BCUT2D eigenvalue weighted by atomic mass is 19.4. The fourth-order valence-electron chi connectivity index (χ4n) is 5.18. The van der Waals surface area contributed by atoms with E-state index in [1.165, 1.54) is 11.9 Å². The quantitative estimate of drug-likeness (QED) is 0.474. The minimum atomic E-state index is -5.15. The Balaban J connectivity index is 1.57. The van der Waals surface area contributed by atoms with Crippen molar-refractivity contribution in [3.63, 3.8) is 0 Å². The van der Waals surface area contributed by atoms with Gasteiger partial charge in [-0.2, -0.15) is 18.4 Å². The van der Waals surface area contributed by atoms with Crippen LogP contribution in [0.4, 0.5) is 13.2 Å². The number of hydrogen-bond acceptors (Lipinski definition) is 6. The molecule has 39 heavy (non-hydrogen) atoms. The number of aliphatic imine (C=N–C) groups is 1. The molecule has 1 spiro atoms. The van der Waals surface area contributed by atoms with E-state index >= 15 is 0 Å². The van der Waals surface area contributed by atoms with Gasteiger partial charge < -0.3 is 20.4 Å². The molecule has 2 N–H and O–H groups in total. The van der Waals surface area contributed by atoms with Gasteiger partial charge in [-0.1, -0.05) is 46.5 Å². The van der Waals surface area contributed by atoms with Crippen LogP contribution < -0.4 is 10.6 Å². The molecule has 4 atom stereocenters. The van der Waals surface area contributed by atoms with Crippen molar-refractivity contribution >= 4 is 29.5 Å². The van der Waals surface area contributed by atoms with E-state index in [0.29, 0.717) is 5.84 Å². The van der Waals surface area contributed by atoms with E-state index in [1.54, 1.807) is 0 Å². The number of nitrogens with one attached hydrogen (secondary N) is 2. The number of nitrogens with zero attached hydrogens (tertiary/aromatic N) is 4. The summed E-state index contributed by atoms with van der Waals surface area (Å²) in [5.41, 5.74) is -1.78. The summed E-state index contributed by atoms with van der Waals surface area (Å²) in [6, 6.07) is -1.37. The highest BCUT2D eigenvalue weighted by Crippen LogP contribution is 2.39. The molecule has 0 aromatic carbocycles. The van der Waals surface area contributed by atoms with E-state index in [-0.39, 0.29) is 37.6 Å². The zero-order valence-electron chi connectivity index (χ0n) is 22.6. The SMILES string of the molecule is CN(C(=O)[C@H](CC1CC1)NC(=O)C(F)(F)F)[C@@H](CC1CC1)C(=O)N1C[C@@]2(C[C@H]1C#N)N=C(C(C)(C)C)NC2=O. The van der Waals surface area contributed by atoms with Crippen molar-refractivity contribution in [2.24, 2.45) is 22.2 Å². The van der Waals surface area contributed by atoms with Crippen LogP contribution in [0.1, 0.15) is 65.7 Å². The van der Waals surface area contributed by atoms with Gasteiger partial charge in [-0.05, 0) is 24.7 Å². The highest BCUT2D eigenvalue weighted by molar-refractivity contribution is 6.10. The molecule has 4 rings (SSSR count). The molecule has 0 unspecified atom stereocenters. The Kier molecular flexibility index (Phi) is 7.46. The van der Waals surface area contributed by atoms with Gasteiger partial charge in [0.15, 0.2) is 5.54 Å². The summed E-state index contributed by atoms with van der Waals surface area (Å²) in [5.74, 6) is -3.30. The molecule has 4 amide bonds. The zero-order valence-corrected chi connectivity index (χ0v) is 22.6. The maximum Gasteiger partial charge on any atom is 0.471 e. The van der Waals surface area contributed by atoms with Crippen molar-refractivity contribution in [1.29, 1.82) is 5.26 Å². The molecule has 3 fully saturated rings. The Morgan fingerprint density at radius 3 is 2.26 bits per heavy atom. The van der Waals surface area contributed by atoms with E-state index in [1.807, 2.05) is 26.1 Å². The average molecular weight is 553 g/mol. The van der Waals surface area contributed by atoms with Gasteiger partial charge in [-0.3, -0.25) is 24.2 Å². The number of alkyl halides is 3. The second kappa shape index (κ2) is 10.1. The van der Waals surface area contributed by atoms with Gasteiger partial charge in [0.05, 0.1) is 12.6 Å². The minimum absolute atomic E-state index is 0.000404. The fourth-order valence-corrected chi connectivity index (χ4v) is 5.18. The number of likely N-dealkylation sites (N-methyl/N-ethyl adjacent to an activating group) is 1. The van der Waals surface area contributed by atoms with Crippen LogP contribution in [0.2, 0.25) is 0 Å². The molecular formula is C26H35F3N6O4. The average Bonchev–Trinajstić information content (AvgIpc) is 3.77. The van der Waals surface area contributed by atoms with Crippen LogP contribution >= 0.6 is 0 Å². The van der Waals surface area contributed by atoms with Crippen molar-refractivity contribution in [1.82, 2.24) is 20.4 Å². The van der Waals surface area contributed by atoms with Crippen molar-refractivity contribution in [3.8, 4) is 6.07 Å². The monoisotopic (exact) mass is 552 g/mol. The first-order valence-corrected chi connectivity index (χ1v) is 13.3. The van der Waals surface area contributed by atoms with Gasteiger partial charge >= 0.3 is 12.1 Å². The Morgan fingerprint density at radius 2 is 1.77 bits per heavy atom. The molecule has 0 aromatic rings. The molecule has 2 aliphatic heterocycles.